The van der Waals surface area contributed by atoms with Crippen molar-refractivity contribution in [3.8, 4) is 0 Å². The van der Waals surface area contributed by atoms with Crippen molar-refractivity contribution < 1.29 is 28.9 Å². The number of carboxylic acid groups (broad SMARTS) is 1. The van der Waals surface area contributed by atoms with Gasteiger partial charge >= 0.3 is 6.09 Å². The van der Waals surface area contributed by atoms with E-state index < -0.39 is 42.6 Å². The van der Waals surface area contributed by atoms with Crippen LogP contribution in [0.15, 0.2) is 35.3 Å². The molecule has 2 N–H and O–H groups in total. The molecular formula is C16H19FN2O5S. The molecule has 1 fully saturated rings. The van der Waals surface area contributed by atoms with Crippen molar-refractivity contribution in [1.82, 2.24) is 4.90 Å². The van der Waals surface area contributed by atoms with Gasteiger partial charge in [0.1, 0.15) is 23.7 Å². The van der Waals surface area contributed by atoms with Crippen LogP contribution in [0.25, 0.3) is 0 Å². The lowest BCUT2D eigenvalue weighted by atomic mass is 9.99. The third kappa shape index (κ3) is 3.79. The van der Waals surface area contributed by atoms with Gasteiger partial charge in [0.25, 0.3) is 0 Å². The zero-order valence-electron chi connectivity index (χ0n) is 13.5. The second-order valence-corrected chi connectivity index (χ2v) is 6.86. The number of fused-ring (bicyclic) bond motifs is 1. The molecule has 2 aliphatic heterocycles. The number of hydrogen-bond acceptors (Lipinski definition) is 6. The Labute approximate surface area is 148 Å². The molecule has 0 spiro atoms. The van der Waals surface area contributed by atoms with E-state index in [9.17, 15) is 14.3 Å². The van der Waals surface area contributed by atoms with E-state index in [1.165, 1.54) is 7.05 Å². The Bertz CT molecular complexity index is 647. The summed E-state index contributed by atoms with van der Waals surface area (Å²) >= 11 is 1.04. The minimum atomic E-state index is -1.51. The highest BCUT2D eigenvalue weighted by Gasteiger charge is 2.51. The van der Waals surface area contributed by atoms with E-state index in [2.05, 4.69) is 4.99 Å². The molecule has 1 aromatic rings. The minimum Gasteiger partial charge on any atom is -0.465 e. The van der Waals surface area contributed by atoms with Crippen molar-refractivity contribution in [1.29, 1.82) is 0 Å². The highest BCUT2D eigenvalue weighted by atomic mass is 32.2. The van der Waals surface area contributed by atoms with Crippen molar-refractivity contribution in [2.45, 2.75) is 36.5 Å². The van der Waals surface area contributed by atoms with E-state index in [0.29, 0.717) is 0 Å². The number of amides is 1. The molecule has 0 unspecified atom stereocenters. The molecule has 0 bridgehead atoms. The molecule has 1 saturated heterocycles. The number of aliphatic hydroxyl groups excluding tert-OH is 1. The molecule has 0 aromatic heterocycles. The fraction of sp³-hybridized carbons (Fsp3) is 0.500. The number of ether oxygens (including phenoxy) is 2. The van der Waals surface area contributed by atoms with E-state index >= 15 is 0 Å². The van der Waals surface area contributed by atoms with Crippen LogP contribution in [-0.4, -0.2) is 69.9 Å². The molecular weight excluding hydrogens is 351 g/mol. The zero-order valence-corrected chi connectivity index (χ0v) is 14.3. The zero-order chi connectivity index (χ0) is 18.0. The minimum absolute atomic E-state index is 0.172. The highest BCUT2D eigenvalue weighted by Crippen LogP contribution is 2.39. The normalized spacial score (nSPS) is 31.3. The number of aliphatic hydroxyl groups is 1. The van der Waals surface area contributed by atoms with Gasteiger partial charge in [-0.2, -0.15) is 0 Å². The third-order valence-electron chi connectivity index (χ3n) is 4.11. The fourth-order valence-electron chi connectivity index (χ4n) is 2.73. The molecule has 0 radical (unpaired) electrons. The number of rotatable bonds is 4. The topological polar surface area (TPSA) is 91.6 Å². The lowest BCUT2D eigenvalue weighted by Gasteiger charge is -2.38. The van der Waals surface area contributed by atoms with Gasteiger partial charge in [-0.1, -0.05) is 42.1 Å². The summed E-state index contributed by atoms with van der Waals surface area (Å²) in [6.45, 7) is -0.213. The van der Waals surface area contributed by atoms with Crippen LogP contribution in [-0.2, 0) is 16.1 Å². The number of nitrogens with zero attached hydrogens (tertiary/aromatic N) is 2. The number of benzene rings is 1. The first-order chi connectivity index (χ1) is 12.0. The molecule has 1 amide bonds. The van der Waals surface area contributed by atoms with E-state index in [1.807, 2.05) is 30.3 Å². The van der Waals surface area contributed by atoms with E-state index in [1.54, 1.807) is 0 Å². The van der Waals surface area contributed by atoms with Crippen molar-refractivity contribution in [3.05, 3.63) is 35.9 Å². The number of thioether (sulfide) groups is 1. The summed E-state index contributed by atoms with van der Waals surface area (Å²) in [5, 5.41) is 18.7. The SMILES string of the molecule is CN(C(=O)O)C1=N[C@@H]2[C@H](F)[C@H](OCc3ccccc3)[C@@H](CO)O[C@@H]2S1. The molecule has 25 heavy (non-hydrogen) atoms. The summed E-state index contributed by atoms with van der Waals surface area (Å²) in [6, 6.07) is 8.43. The monoisotopic (exact) mass is 370 g/mol. The number of carbonyl (C=O) groups is 1. The average molecular weight is 370 g/mol. The quantitative estimate of drug-likeness (QED) is 0.838. The number of amidine groups is 1. The molecule has 0 aliphatic carbocycles. The van der Waals surface area contributed by atoms with Crippen molar-refractivity contribution in [2.75, 3.05) is 13.7 Å². The van der Waals surface area contributed by atoms with Crippen LogP contribution in [0.1, 0.15) is 5.56 Å². The van der Waals surface area contributed by atoms with Crippen LogP contribution >= 0.6 is 11.8 Å². The summed E-state index contributed by atoms with van der Waals surface area (Å²) in [7, 11) is 1.34. The van der Waals surface area contributed by atoms with Gasteiger partial charge in [-0.15, -0.1) is 0 Å². The Balaban J connectivity index is 1.72. The Kier molecular flexibility index (Phi) is 5.57. The first kappa shape index (κ1) is 18.1. The van der Waals surface area contributed by atoms with Gasteiger partial charge in [0.2, 0.25) is 0 Å². The van der Waals surface area contributed by atoms with Crippen LogP contribution in [0, 0.1) is 0 Å². The van der Waals surface area contributed by atoms with Crippen LogP contribution in [0.4, 0.5) is 9.18 Å². The Hall–Kier alpha value is -1.68. The Morgan fingerprint density at radius 2 is 2.16 bits per heavy atom. The smallest absolute Gasteiger partial charge is 0.413 e. The van der Waals surface area contributed by atoms with Gasteiger partial charge in [0.15, 0.2) is 11.3 Å². The molecule has 2 aliphatic rings. The standard InChI is InChI=1S/C16H19FN2O5S/c1-19(16(21)22)15-18-12-11(17)13(10(7-20)24-14(12)25-15)23-8-9-5-3-2-4-6-9/h2-6,10-14,20H,7-8H2,1H3,(H,21,22)/t10-,11+,12-,13-,14-/m1/s1. The van der Waals surface area contributed by atoms with Crippen molar-refractivity contribution in [2.24, 2.45) is 4.99 Å². The van der Waals surface area contributed by atoms with Crippen molar-refractivity contribution >= 4 is 23.0 Å². The predicted octanol–water partition coefficient (Wildman–Crippen LogP) is 1.71. The van der Waals surface area contributed by atoms with Gasteiger partial charge in [-0.05, 0) is 5.56 Å². The second kappa shape index (κ2) is 7.69. The third-order valence-corrected chi connectivity index (χ3v) is 5.33. The molecule has 3 rings (SSSR count). The maximum absolute atomic E-state index is 15.0. The fourth-order valence-corrected chi connectivity index (χ4v) is 3.91. The number of halogens is 1. The van der Waals surface area contributed by atoms with Gasteiger partial charge in [-0.25, -0.2) is 9.18 Å². The van der Waals surface area contributed by atoms with Gasteiger partial charge in [0, 0.05) is 7.05 Å². The van der Waals surface area contributed by atoms with E-state index in [0.717, 1.165) is 22.2 Å². The van der Waals surface area contributed by atoms with E-state index in [-0.39, 0.29) is 11.8 Å². The average Bonchev–Trinajstić information content (AvgIpc) is 3.05. The summed E-state index contributed by atoms with van der Waals surface area (Å²) in [6.07, 6.45) is -4.51. The van der Waals surface area contributed by atoms with Crippen LogP contribution in [0.5, 0.6) is 0 Å². The van der Waals surface area contributed by atoms with Crippen LogP contribution in [0.3, 0.4) is 0 Å². The maximum atomic E-state index is 15.0. The predicted molar refractivity (Wildman–Crippen MR) is 90.3 cm³/mol. The molecule has 2 heterocycles. The first-order valence-electron chi connectivity index (χ1n) is 7.78. The summed E-state index contributed by atoms with van der Waals surface area (Å²) in [4.78, 5) is 16.1. The lowest BCUT2D eigenvalue weighted by molar-refractivity contribution is -0.171. The highest BCUT2D eigenvalue weighted by molar-refractivity contribution is 8.14. The largest absolute Gasteiger partial charge is 0.465 e. The lowest BCUT2D eigenvalue weighted by Crippen LogP contribution is -2.55. The van der Waals surface area contributed by atoms with Crippen molar-refractivity contribution in [3.63, 3.8) is 0 Å². The molecule has 7 nitrogen and oxygen atoms in total. The van der Waals surface area contributed by atoms with Gasteiger partial charge in [0.05, 0.1) is 13.2 Å². The van der Waals surface area contributed by atoms with Crippen LogP contribution < -0.4 is 0 Å². The molecule has 9 heteroatoms. The van der Waals surface area contributed by atoms with E-state index in [4.69, 9.17) is 14.6 Å². The summed E-state index contributed by atoms with van der Waals surface area (Å²) in [5.74, 6) is 0. The second-order valence-electron chi connectivity index (χ2n) is 5.79. The first-order valence-corrected chi connectivity index (χ1v) is 8.66. The molecule has 136 valence electrons. The molecule has 1 aromatic carbocycles. The number of hydrogen-bond donors (Lipinski definition) is 2. The van der Waals surface area contributed by atoms with Gasteiger partial charge in [-0.3, -0.25) is 9.89 Å². The molecule has 0 saturated carbocycles. The summed E-state index contributed by atoms with van der Waals surface area (Å²) in [5.41, 5.74) is 0.199. The summed E-state index contributed by atoms with van der Waals surface area (Å²) < 4.78 is 26.4. The molecule has 5 atom stereocenters. The van der Waals surface area contributed by atoms with Crippen LogP contribution in [0.2, 0.25) is 0 Å². The van der Waals surface area contributed by atoms with Gasteiger partial charge < -0.3 is 19.7 Å². The Morgan fingerprint density at radius 1 is 1.44 bits per heavy atom. The maximum Gasteiger partial charge on any atom is 0.413 e. The number of alkyl halides is 1. The Morgan fingerprint density at radius 3 is 2.80 bits per heavy atom. The number of aliphatic imine (C=N–C) groups is 1.